The van der Waals surface area contributed by atoms with Crippen molar-refractivity contribution in [2.75, 3.05) is 19.8 Å². The van der Waals surface area contributed by atoms with E-state index >= 15 is 0 Å². The molecule has 2 aromatic rings. The lowest BCUT2D eigenvalue weighted by molar-refractivity contribution is -0.122. The maximum absolute atomic E-state index is 12.9. The van der Waals surface area contributed by atoms with E-state index < -0.39 is 0 Å². The number of amides is 1. The molecule has 0 aromatic carbocycles. The number of rotatable bonds is 6. The zero-order chi connectivity index (χ0) is 21.0. The second-order valence-electron chi connectivity index (χ2n) is 7.41. The number of aromatic amines is 1. The Hall–Kier alpha value is -3.01. The van der Waals surface area contributed by atoms with Crippen LogP contribution in [0.25, 0.3) is 0 Å². The van der Waals surface area contributed by atoms with Crippen LogP contribution >= 0.6 is 0 Å². The van der Waals surface area contributed by atoms with Crippen LogP contribution in [0.1, 0.15) is 57.9 Å². The number of aryl methyl sites for hydroxylation is 1. The molecule has 2 aliphatic rings. The van der Waals surface area contributed by atoms with Crippen molar-refractivity contribution in [1.29, 1.82) is 0 Å². The average molecular weight is 403 g/mol. The molecule has 1 amide bonds. The molecule has 1 aliphatic heterocycles. The lowest BCUT2D eigenvalue weighted by Crippen LogP contribution is -2.39. The molecule has 156 valence electrons. The fraction of sp³-hybridized carbons (Fsp3) is 0.526. The molecule has 4 rings (SSSR count). The van der Waals surface area contributed by atoms with Gasteiger partial charge in [-0.2, -0.15) is 10.2 Å². The number of carbonyl (C=O) groups is 3. The summed E-state index contributed by atoms with van der Waals surface area (Å²) >= 11 is 0. The second kappa shape index (κ2) is 8.99. The second-order valence-corrected chi connectivity index (χ2v) is 7.41. The number of hydrogen-bond acceptors (Lipinski definition) is 6. The highest BCUT2D eigenvalue weighted by atomic mass is 16.5. The van der Waals surface area contributed by atoms with Crippen molar-refractivity contribution >= 4 is 18.2 Å². The van der Waals surface area contributed by atoms with Gasteiger partial charge in [-0.25, -0.2) is 0 Å². The smallest absolute Gasteiger partial charge is 0.290 e. The van der Waals surface area contributed by atoms with Crippen LogP contribution in [-0.4, -0.2) is 67.9 Å². The van der Waals surface area contributed by atoms with Crippen molar-refractivity contribution in [2.24, 2.45) is 13.0 Å². The van der Waals surface area contributed by atoms with Gasteiger partial charge in [-0.1, -0.05) is 0 Å². The standard InChI is InChI=1S/C18H23N5O3.CH2O2/c1-11(24)15-5-16(20-19-15)18(25)23-7-13-6-22(2)21-17(13)14(8-23)10-26-9-12-3-4-12;2-1-3/h5-6,12,14H,3-4,7-10H2,1-2H3,(H,19,20);1H,(H,2,3). The third-order valence-corrected chi connectivity index (χ3v) is 4.95. The van der Waals surface area contributed by atoms with Gasteiger partial charge < -0.3 is 14.7 Å². The highest BCUT2D eigenvalue weighted by Crippen LogP contribution is 2.31. The van der Waals surface area contributed by atoms with Crippen LogP contribution in [0.4, 0.5) is 0 Å². The molecule has 1 fully saturated rings. The Bertz CT molecular complexity index is 885. The Morgan fingerprint density at radius 3 is 2.72 bits per heavy atom. The highest BCUT2D eigenvalue weighted by molar-refractivity contribution is 5.97. The summed E-state index contributed by atoms with van der Waals surface area (Å²) in [6, 6.07) is 1.52. The molecule has 0 bridgehead atoms. The lowest BCUT2D eigenvalue weighted by Gasteiger charge is -2.31. The normalized spacial score (nSPS) is 17.9. The van der Waals surface area contributed by atoms with E-state index in [-0.39, 0.29) is 29.8 Å². The van der Waals surface area contributed by atoms with Gasteiger partial charge in [0.25, 0.3) is 12.4 Å². The van der Waals surface area contributed by atoms with Crippen molar-refractivity contribution in [3.8, 4) is 0 Å². The van der Waals surface area contributed by atoms with E-state index in [2.05, 4.69) is 15.3 Å². The van der Waals surface area contributed by atoms with E-state index in [1.165, 1.54) is 25.8 Å². The maximum Gasteiger partial charge on any atom is 0.290 e. The minimum absolute atomic E-state index is 0.0536. The molecular formula is C19H25N5O5. The summed E-state index contributed by atoms with van der Waals surface area (Å²) in [5, 5.41) is 18.1. The van der Waals surface area contributed by atoms with Crippen LogP contribution in [0.5, 0.6) is 0 Å². The average Bonchev–Trinajstić information content (AvgIpc) is 3.21. The van der Waals surface area contributed by atoms with E-state index in [0.717, 1.165) is 17.9 Å². The predicted octanol–water partition coefficient (Wildman–Crippen LogP) is 1.21. The molecule has 3 heterocycles. The third-order valence-electron chi connectivity index (χ3n) is 4.95. The van der Waals surface area contributed by atoms with Crippen LogP contribution in [0.2, 0.25) is 0 Å². The molecule has 1 saturated carbocycles. The highest BCUT2D eigenvalue weighted by Gasteiger charge is 2.32. The Morgan fingerprint density at radius 1 is 1.38 bits per heavy atom. The fourth-order valence-corrected chi connectivity index (χ4v) is 3.37. The van der Waals surface area contributed by atoms with E-state index in [0.29, 0.717) is 31.3 Å². The number of Topliss-reactive ketones (excluding diaryl/α,β-unsaturated/α-hetero) is 1. The Balaban J connectivity index is 0.000000755. The summed E-state index contributed by atoms with van der Waals surface area (Å²) in [4.78, 5) is 34.4. The van der Waals surface area contributed by atoms with Gasteiger partial charge in [-0.05, 0) is 24.8 Å². The monoisotopic (exact) mass is 403 g/mol. The van der Waals surface area contributed by atoms with Crippen molar-refractivity contribution in [2.45, 2.75) is 32.2 Å². The van der Waals surface area contributed by atoms with E-state index in [4.69, 9.17) is 14.6 Å². The van der Waals surface area contributed by atoms with Crippen LogP contribution in [0, 0.1) is 5.92 Å². The first kappa shape index (κ1) is 20.7. The SMILES string of the molecule is CC(=O)c1cc(C(=O)N2Cc3cn(C)nc3C(COCC3CC3)C2)[nH]n1.O=CO. The summed E-state index contributed by atoms with van der Waals surface area (Å²) in [6.07, 6.45) is 4.46. The molecule has 10 heteroatoms. The summed E-state index contributed by atoms with van der Waals surface area (Å²) in [7, 11) is 1.89. The van der Waals surface area contributed by atoms with E-state index in [1.807, 2.05) is 13.2 Å². The predicted molar refractivity (Wildman–Crippen MR) is 102 cm³/mol. The van der Waals surface area contributed by atoms with Crippen molar-refractivity contribution in [3.05, 3.63) is 34.9 Å². The van der Waals surface area contributed by atoms with Crippen LogP contribution in [0.3, 0.4) is 0 Å². The van der Waals surface area contributed by atoms with Gasteiger partial charge in [0.15, 0.2) is 5.78 Å². The van der Waals surface area contributed by atoms with Gasteiger partial charge in [0.1, 0.15) is 11.4 Å². The Labute approximate surface area is 167 Å². The van der Waals surface area contributed by atoms with Gasteiger partial charge >= 0.3 is 0 Å². The molecule has 10 nitrogen and oxygen atoms in total. The molecule has 29 heavy (non-hydrogen) atoms. The number of H-pyrrole nitrogens is 1. The van der Waals surface area contributed by atoms with Gasteiger partial charge in [0.05, 0.1) is 12.3 Å². The van der Waals surface area contributed by atoms with Crippen LogP contribution in [-0.2, 0) is 23.1 Å². The first-order valence-corrected chi connectivity index (χ1v) is 9.46. The molecule has 0 spiro atoms. The number of ketones is 1. The van der Waals surface area contributed by atoms with Crippen molar-refractivity contribution < 1.29 is 24.2 Å². The molecule has 0 saturated heterocycles. The van der Waals surface area contributed by atoms with Crippen LogP contribution < -0.4 is 0 Å². The molecule has 1 unspecified atom stereocenters. The number of fused-ring (bicyclic) bond motifs is 1. The molecule has 2 aromatic heterocycles. The largest absolute Gasteiger partial charge is 0.483 e. The molecule has 2 N–H and O–H groups in total. The van der Waals surface area contributed by atoms with Crippen LogP contribution in [0.15, 0.2) is 12.3 Å². The first-order valence-electron chi connectivity index (χ1n) is 9.46. The van der Waals surface area contributed by atoms with Gasteiger partial charge in [0, 0.05) is 51.3 Å². The molecule has 1 aliphatic carbocycles. The number of nitrogens with one attached hydrogen (secondary N) is 1. The van der Waals surface area contributed by atoms with Gasteiger partial charge in [-0.3, -0.25) is 24.2 Å². The summed E-state index contributed by atoms with van der Waals surface area (Å²) < 4.78 is 7.67. The number of ether oxygens (including phenoxy) is 1. The molecular weight excluding hydrogens is 378 g/mol. The van der Waals surface area contributed by atoms with Gasteiger partial charge in [-0.15, -0.1) is 0 Å². The lowest BCUT2D eigenvalue weighted by atomic mass is 9.97. The maximum atomic E-state index is 12.9. The summed E-state index contributed by atoms with van der Waals surface area (Å²) in [5.41, 5.74) is 2.66. The Kier molecular flexibility index (Phi) is 6.42. The minimum atomic E-state index is -0.250. The zero-order valence-corrected chi connectivity index (χ0v) is 16.5. The van der Waals surface area contributed by atoms with Crippen molar-refractivity contribution in [3.63, 3.8) is 0 Å². The Morgan fingerprint density at radius 2 is 2.10 bits per heavy atom. The molecule has 0 radical (unpaired) electrons. The minimum Gasteiger partial charge on any atom is -0.483 e. The summed E-state index contributed by atoms with van der Waals surface area (Å²) in [6.45, 7) is 3.57. The number of carboxylic acid groups (broad SMARTS) is 1. The third kappa shape index (κ3) is 5.08. The topological polar surface area (TPSA) is 130 Å². The zero-order valence-electron chi connectivity index (χ0n) is 16.5. The summed E-state index contributed by atoms with van der Waals surface area (Å²) in [5.74, 6) is 0.430. The number of aromatic nitrogens is 4. The number of nitrogens with zero attached hydrogens (tertiary/aromatic N) is 4. The van der Waals surface area contributed by atoms with Crippen molar-refractivity contribution in [1.82, 2.24) is 24.9 Å². The first-order chi connectivity index (χ1) is 13.9. The van der Waals surface area contributed by atoms with E-state index in [1.54, 1.807) is 9.58 Å². The van der Waals surface area contributed by atoms with E-state index in [9.17, 15) is 9.59 Å². The number of hydrogen-bond donors (Lipinski definition) is 2. The number of carbonyl (C=O) groups excluding carboxylic acids is 2. The van der Waals surface area contributed by atoms with Gasteiger partial charge in [0.2, 0.25) is 0 Å². The fourth-order valence-electron chi connectivity index (χ4n) is 3.37. The quantitative estimate of drug-likeness (QED) is 0.547. The molecule has 1 atom stereocenters.